The lowest BCUT2D eigenvalue weighted by atomic mass is 9.95. The molecule has 0 aliphatic carbocycles. The van der Waals surface area contributed by atoms with Gasteiger partial charge in [-0.05, 0) is 47.7 Å². The molecule has 0 aromatic heterocycles. The van der Waals surface area contributed by atoms with Crippen molar-refractivity contribution < 1.29 is 0 Å². The smallest absolute Gasteiger partial charge is 0.0361 e. The Balaban J connectivity index is 2.17. The molecule has 2 nitrogen and oxygen atoms in total. The van der Waals surface area contributed by atoms with Crippen LogP contribution in [0.3, 0.4) is 0 Å². The van der Waals surface area contributed by atoms with Crippen molar-refractivity contribution in [3.05, 3.63) is 54.1 Å². The van der Waals surface area contributed by atoms with Crippen molar-refractivity contribution in [3.63, 3.8) is 0 Å². The van der Waals surface area contributed by atoms with Gasteiger partial charge in [-0.25, -0.2) is 0 Å². The molecule has 106 valence electrons. The van der Waals surface area contributed by atoms with E-state index in [4.69, 9.17) is 5.73 Å². The molecule has 2 heteroatoms. The quantitative estimate of drug-likeness (QED) is 0.892. The van der Waals surface area contributed by atoms with E-state index in [1.165, 1.54) is 22.4 Å². The summed E-state index contributed by atoms with van der Waals surface area (Å²) in [6, 6.07) is 17.5. The molecule has 2 aromatic carbocycles. The topological polar surface area (TPSA) is 29.3 Å². The van der Waals surface area contributed by atoms with E-state index < -0.39 is 0 Å². The Morgan fingerprint density at radius 1 is 0.900 bits per heavy atom. The average Bonchev–Trinajstić information content (AvgIpc) is 2.48. The minimum absolute atomic E-state index is 0.533. The van der Waals surface area contributed by atoms with Gasteiger partial charge in [0, 0.05) is 19.8 Å². The van der Waals surface area contributed by atoms with E-state index in [-0.39, 0.29) is 0 Å². The summed E-state index contributed by atoms with van der Waals surface area (Å²) in [4.78, 5) is 2.11. The van der Waals surface area contributed by atoms with Crippen molar-refractivity contribution in [3.8, 4) is 11.1 Å². The molecule has 2 aromatic rings. The summed E-state index contributed by atoms with van der Waals surface area (Å²) in [5.74, 6) is 0.533. The van der Waals surface area contributed by atoms with E-state index in [9.17, 15) is 0 Å². The summed E-state index contributed by atoms with van der Waals surface area (Å²) in [5, 5.41) is 0. The van der Waals surface area contributed by atoms with Gasteiger partial charge in [0.25, 0.3) is 0 Å². The van der Waals surface area contributed by atoms with E-state index in [0.29, 0.717) is 5.92 Å². The minimum Gasteiger partial charge on any atom is -0.378 e. The maximum atomic E-state index is 5.62. The normalized spacial score (nSPS) is 12.2. The monoisotopic (exact) mass is 268 g/mol. The third-order valence-corrected chi connectivity index (χ3v) is 3.80. The van der Waals surface area contributed by atoms with Crippen LogP contribution in [0.1, 0.15) is 24.8 Å². The molecule has 0 amide bonds. The molecule has 0 aliphatic rings. The zero-order valence-electron chi connectivity index (χ0n) is 12.6. The molecule has 2 rings (SSSR count). The number of anilines is 1. The molecule has 0 spiro atoms. The van der Waals surface area contributed by atoms with Gasteiger partial charge in [0.05, 0.1) is 0 Å². The lowest BCUT2D eigenvalue weighted by molar-refractivity contribution is 0.690. The highest BCUT2D eigenvalue weighted by molar-refractivity contribution is 5.66. The molecule has 20 heavy (non-hydrogen) atoms. The summed E-state index contributed by atoms with van der Waals surface area (Å²) in [6.07, 6.45) is 1.04. The molecule has 0 heterocycles. The van der Waals surface area contributed by atoms with Crippen LogP contribution in [0.5, 0.6) is 0 Å². The molecule has 2 N–H and O–H groups in total. The minimum atomic E-state index is 0.533. The predicted octanol–water partition coefficient (Wildman–Crippen LogP) is 3.87. The first-order chi connectivity index (χ1) is 9.61. The van der Waals surface area contributed by atoms with Gasteiger partial charge in [-0.3, -0.25) is 0 Å². The van der Waals surface area contributed by atoms with Crippen molar-refractivity contribution in [1.29, 1.82) is 0 Å². The van der Waals surface area contributed by atoms with E-state index in [1.54, 1.807) is 0 Å². The van der Waals surface area contributed by atoms with Crippen molar-refractivity contribution in [2.45, 2.75) is 19.3 Å². The van der Waals surface area contributed by atoms with Gasteiger partial charge >= 0.3 is 0 Å². The third kappa shape index (κ3) is 3.40. The Labute approximate surface area is 122 Å². The number of rotatable bonds is 5. The first kappa shape index (κ1) is 14.6. The Kier molecular flexibility index (Phi) is 4.80. The standard InChI is InChI=1S/C18H24N2/c1-14(12-13-19)15-4-6-16(7-5-15)17-8-10-18(11-9-17)20(2)3/h4-11,14H,12-13,19H2,1-3H3. The first-order valence-corrected chi connectivity index (χ1v) is 7.19. The zero-order chi connectivity index (χ0) is 14.5. The van der Waals surface area contributed by atoms with Crippen LogP contribution < -0.4 is 10.6 Å². The van der Waals surface area contributed by atoms with E-state index in [1.807, 2.05) is 0 Å². The van der Waals surface area contributed by atoms with Gasteiger partial charge in [-0.15, -0.1) is 0 Å². The Hall–Kier alpha value is -1.80. The largest absolute Gasteiger partial charge is 0.378 e. The summed E-state index contributed by atoms with van der Waals surface area (Å²) < 4.78 is 0. The van der Waals surface area contributed by atoms with E-state index in [2.05, 4.69) is 74.4 Å². The van der Waals surface area contributed by atoms with Gasteiger partial charge < -0.3 is 10.6 Å². The molecular weight excluding hydrogens is 244 g/mol. The van der Waals surface area contributed by atoms with Crippen molar-refractivity contribution >= 4 is 5.69 Å². The van der Waals surface area contributed by atoms with Gasteiger partial charge in [0.1, 0.15) is 0 Å². The van der Waals surface area contributed by atoms with Crippen molar-refractivity contribution in [2.24, 2.45) is 5.73 Å². The second-order valence-electron chi connectivity index (χ2n) is 5.54. The Morgan fingerprint density at radius 3 is 1.85 bits per heavy atom. The van der Waals surface area contributed by atoms with Crippen LogP contribution in [0.25, 0.3) is 11.1 Å². The maximum absolute atomic E-state index is 5.62. The van der Waals surface area contributed by atoms with E-state index >= 15 is 0 Å². The van der Waals surface area contributed by atoms with Crippen LogP contribution in [-0.4, -0.2) is 20.6 Å². The molecule has 0 bridgehead atoms. The zero-order valence-corrected chi connectivity index (χ0v) is 12.6. The summed E-state index contributed by atoms with van der Waals surface area (Å²) in [7, 11) is 4.12. The van der Waals surface area contributed by atoms with Gasteiger partial charge in [-0.1, -0.05) is 43.3 Å². The number of nitrogens with two attached hydrogens (primary N) is 1. The highest BCUT2D eigenvalue weighted by Gasteiger charge is 2.05. The van der Waals surface area contributed by atoms with E-state index in [0.717, 1.165) is 13.0 Å². The Morgan fingerprint density at radius 2 is 1.40 bits per heavy atom. The van der Waals surface area contributed by atoms with Gasteiger partial charge in [0.15, 0.2) is 0 Å². The molecule has 0 saturated carbocycles. The first-order valence-electron chi connectivity index (χ1n) is 7.19. The third-order valence-electron chi connectivity index (χ3n) is 3.80. The lowest BCUT2D eigenvalue weighted by Crippen LogP contribution is -2.07. The van der Waals surface area contributed by atoms with Crippen molar-refractivity contribution in [2.75, 3.05) is 25.5 Å². The van der Waals surface area contributed by atoms with Gasteiger partial charge in [-0.2, -0.15) is 0 Å². The molecule has 0 aliphatic heterocycles. The molecule has 0 fully saturated rings. The highest BCUT2D eigenvalue weighted by Crippen LogP contribution is 2.25. The molecular formula is C18H24N2. The number of nitrogens with zero attached hydrogens (tertiary/aromatic N) is 1. The summed E-state index contributed by atoms with van der Waals surface area (Å²) in [6.45, 7) is 2.97. The summed E-state index contributed by atoms with van der Waals surface area (Å²) in [5.41, 5.74) is 10.7. The maximum Gasteiger partial charge on any atom is 0.0361 e. The summed E-state index contributed by atoms with van der Waals surface area (Å²) >= 11 is 0. The van der Waals surface area contributed by atoms with Crippen LogP contribution >= 0.6 is 0 Å². The van der Waals surface area contributed by atoms with Crippen LogP contribution in [0.4, 0.5) is 5.69 Å². The fraction of sp³-hybridized carbons (Fsp3) is 0.333. The highest BCUT2D eigenvalue weighted by atomic mass is 15.1. The fourth-order valence-electron chi connectivity index (χ4n) is 2.37. The molecule has 0 saturated heterocycles. The number of hydrogen-bond donors (Lipinski definition) is 1. The number of benzene rings is 2. The predicted molar refractivity (Wildman–Crippen MR) is 88.3 cm³/mol. The lowest BCUT2D eigenvalue weighted by Gasteiger charge is -2.13. The molecule has 1 atom stereocenters. The van der Waals surface area contributed by atoms with Crippen LogP contribution in [0, 0.1) is 0 Å². The van der Waals surface area contributed by atoms with Crippen LogP contribution in [-0.2, 0) is 0 Å². The van der Waals surface area contributed by atoms with Crippen LogP contribution in [0.2, 0.25) is 0 Å². The fourth-order valence-corrected chi connectivity index (χ4v) is 2.37. The van der Waals surface area contributed by atoms with Crippen molar-refractivity contribution in [1.82, 2.24) is 0 Å². The molecule has 0 radical (unpaired) electrons. The van der Waals surface area contributed by atoms with Gasteiger partial charge in [0.2, 0.25) is 0 Å². The average molecular weight is 268 g/mol. The SMILES string of the molecule is CC(CCN)c1ccc(-c2ccc(N(C)C)cc2)cc1. The second kappa shape index (κ2) is 6.58. The van der Waals surface area contributed by atoms with Crippen LogP contribution in [0.15, 0.2) is 48.5 Å². The molecule has 1 unspecified atom stereocenters. The second-order valence-corrected chi connectivity index (χ2v) is 5.54. The number of hydrogen-bond acceptors (Lipinski definition) is 2. The Bertz CT molecular complexity index is 526.